The summed E-state index contributed by atoms with van der Waals surface area (Å²) >= 11 is 3.18. The standard InChI is InChI=1S/C12H14BrFN2O2/c13-10-2-1-9(11(14)7-10)8-18-12(17)16-5-3-15-4-6-16/h1-2,7,15H,3-6,8H2. The summed E-state index contributed by atoms with van der Waals surface area (Å²) in [7, 11) is 0. The molecule has 98 valence electrons. The molecule has 18 heavy (non-hydrogen) atoms. The predicted octanol–water partition coefficient (Wildman–Crippen LogP) is 2.13. The Balaban J connectivity index is 1.88. The first-order valence-electron chi connectivity index (χ1n) is 5.73. The molecule has 1 aromatic rings. The third-order valence-corrected chi connectivity index (χ3v) is 3.23. The zero-order valence-corrected chi connectivity index (χ0v) is 11.4. The molecule has 0 atom stereocenters. The first kappa shape index (κ1) is 13.3. The molecule has 4 nitrogen and oxygen atoms in total. The number of benzene rings is 1. The monoisotopic (exact) mass is 316 g/mol. The van der Waals surface area contributed by atoms with Crippen molar-refractivity contribution in [2.75, 3.05) is 26.2 Å². The van der Waals surface area contributed by atoms with Crippen molar-refractivity contribution in [3.8, 4) is 0 Å². The van der Waals surface area contributed by atoms with E-state index in [2.05, 4.69) is 21.2 Å². The minimum atomic E-state index is -0.390. The second-order valence-electron chi connectivity index (χ2n) is 4.03. The molecule has 0 radical (unpaired) electrons. The van der Waals surface area contributed by atoms with Gasteiger partial charge in [-0.3, -0.25) is 0 Å². The number of halogens is 2. The van der Waals surface area contributed by atoms with Gasteiger partial charge >= 0.3 is 6.09 Å². The summed E-state index contributed by atoms with van der Waals surface area (Å²) in [6.45, 7) is 2.74. The summed E-state index contributed by atoms with van der Waals surface area (Å²) < 4.78 is 19.3. The minimum absolute atomic E-state index is 0.0398. The van der Waals surface area contributed by atoms with Gasteiger partial charge in [0.2, 0.25) is 0 Å². The summed E-state index contributed by atoms with van der Waals surface area (Å²) in [6, 6.07) is 4.68. The van der Waals surface area contributed by atoms with E-state index < -0.39 is 0 Å². The highest BCUT2D eigenvalue weighted by atomic mass is 79.9. The number of nitrogens with zero attached hydrogens (tertiary/aromatic N) is 1. The van der Waals surface area contributed by atoms with E-state index in [9.17, 15) is 9.18 Å². The summed E-state index contributed by atoms with van der Waals surface area (Å²) in [5.41, 5.74) is 0.377. The lowest BCUT2D eigenvalue weighted by Crippen LogP contribution is -2.46. The van der Waals surface area contributed by atoms with Crippen LogP contribution < -0.4 is 5.32 Å². The van der Waals surface area contributed by atoms with Crippen molar-refractivity contribution < 1.29 is 13.9 Å². The Morgan fingerprint density at radius 2 is 2.17 bits per heavy atom. The van der Waals surface area contributed by atoms with E-state index in [1.54, 1.807) is 17.0 Å². The van der Waals surface area contributed by atoms with E-state index in [1.807, 2.05) is 0 Å². The summed E-state index contributed by atoms with van der Waals surface area (Å²) in [6.07, 6.45) is -0.390. The van der Waals surface area contributed by atoms with Crippen LogP contribution in [0.2, 0.25) is 0 Å². The molecule has 2 rings (SSSR count). The maximum atomic E-state index is 13.5. The minimum Gasteiger partial charge on any atom is -0.444 e. The van der Waals surface area contributed by atoms with Crippen LogP contribution in [0.15, 0.2) is 22.7 Å². The maximum absolute atomic E-state index is 13.5. The van der Waals surface area contributed by atoms with Crippen LogP contribution in [0.5, 0.6) is 0 Å². The molecule has 1 aliphatic heterocycles. The van der Waals surface area contributed by atoms with Crippen LogP contribution in [0.25, 0.3) is 0 Å². The maximum Gasteiger partial charge on any atom is 0.410 e. The average molecular weight is 317 g/mol. The van der Waals surface area contributed by atoms with Gasteiger partial charge in [-0.15, -0.1) is 0 Å². The van der Waals surface area contributed by atoms with E-state index in [-0.39, 0.29) is 18.5 Å². The molecule has 0 saturated carbocycles. The molecule has 0 unspecified atom stereocenters. The average Bonchev–Trinajstić information content (AvgIpc) is 2.38. The Labute approximate surface area is 113 Å². The van der Waals surface area contributed by atoms with Crippen LogP contribution in [-0.4, -0.2) is 37.2 Å². The molecule has 1 fully saturated rings. The van der Waals surface area contributed by atoms with Gasteiger partial charge in [-0.2, -0.15) is 0 Å². The number of hydrogen-bond acceptors (Lipinski definition) is 3. The molecule has 0 spiro atoms. The second kappa shape index (κ2) is 6.15. The lowest BCUT2D eigenvalue weighted by atomic mass is 10.2. The van der Waals surface area contributed by atoms with E-state index in [4.69, 9.17) is 4.74 Å². The smallest absolute Gasteiger partial charge is 0.410 e. The lowest BCUT2D eigenvalue weighted by molar-refractivity contribution is 0.0910. The fourth-order valence-corrected chi connectivity index (χ4v) is 2.05. The number of carbonyl (C=O) groups excluding carboxylic acids is 1. The van der Waals surface area contributed by atoms with Gasteiger partial charge in [-0.1, -0.05) is 22.0 Å². The summed E-state index contributed by atoms with van der Waals surface area (Å²) in [5.74, 6) is -0.377. The second-order valence-corrected chi connectivity index (χ2v) is 4.94. The normalized spacial score (nSPS) is 15.6. The summed E-state index contributed by atoms with van der Waals surface area (Å²) in [5, 5.41) is 3.14. The quantitative estimate of drug-likeness (QED) is 0.908. The molecule has 0 bridgehead atoms. The van der Waals surface area contributed by atoms with Gasteiger partial charge in [0.1, 0.15) is 12.4 Å². The van der Waals surface area contributed by atoms with Crippen molar-refractivity contribution in [2.24, 2.45) is 0 Å². The van der Waals surface area contributed by atoms with Crippen LogP contribution in [0, 0.1) is 5.82 Å². The van der Waals surface area contributed by atoms with Crippen LogP contribution in [0.4, 0.5) is 9.18 Å². The van der Waals surface area contributed by atoms with Gasteiger partial charge < -0.3 is 15.0 Å². The fourth-order valence-electron chi connectivity index (χ4n) is 1.72. The van der Waals surface area contributed by atoms with Crippen molar-refractivity contribution in [3.05, 3.63) is 34.1 Å². The van der Waals surface area contributed by atoms with Gasteiger partial charge in [-0.05, 0) is 12.1 Å². The molecule has 1 amide bonds. The Morgan fingerprint density at radius 1 is 1.44 bits per heavy atom. The van der Waals surface area contributed by atoms with E-state index in [1.165, 1.54) is 6.07 Å². The third-order valence-electron chi connectivity index (χ3n) is 2.74. The van der Waals surface area contributed by atoms with Gasteiger partial charge in [0.25, 0.3) is 0 Å². The highest BCUT2D eigenvalue weighted by molar-refractivity contribution is 9.10. The van der Waals surface area contributed by atoms with Gasteiger partial charge in [0, 0.05) is 36.2 Å². The largest absolute Gasteiger partial charge is 0.444 e. The van der Waals surface area contributed by atoms with Gasteiger partial charge in [0.15, 0.2) is 0 Å². The van der Waals surface area contributed by atoms with E-state index >= 15 is 0 Å². The van der Waals surface area contributed by atoms with Gasteiger partial charge in [0.05, 0.1) is 0 Å². The van der Waals surface area contributed by atoms with Crippen molar-refractivity contribution in [1.29, 1.82) is 0 Å². The van der Waals surface area contributed by atoms with Crippen molar-refractivity contribution >= 4 is 22.0 Å². The number of rotatable bonds is 2. The number of nitrogens with one attached hydrogen (secondary N) is 1. The first-order chi connectivity index (χ1) is 8.66. The predicted molar refractivity (Wildman–Crippen MR) is 68.7 cm³/mol. The van der Waals surface area contributed by atoms with Crippen LogP contribution in [0.1, 0.15) is 5.56 Å². The Bertz CT molecular complexity index is 436. The molecule has 1 saturated heterocycles. The molecule has 1 aromatic carbocycles. The molecular weight excluding hydrogens is 303 g/mol. The van der Waals surface area contributed by atoms with Crippen molar-refractivity contribution in [1.82, 2.24) is 10.2 Å². The number of carbonyl (C=O) groups is 1. The van der Waals surface area contributed by atoms with Crippen molar-refractivity contribution in [3.63, 3.8) is 0 Å². The van der Waals surface area contributed by atoms with Crippen LogP contribution in [0.3, 0.4) is 0 Å². The highest BCUT2D eigenvalue weighted by Crippen LogP contribution is 2.16. The van der Waals surface area contributed by atoms with E-state index in [0.717, 1.165) is 13.1 Å². The topological polar surface area (TPSA) is 41.6 Å². The zero-order valence-electron chi connectivity index (χ0n) is 9.79. The zero-order chi connectivity index (χ0) is 13.0. The number of piperazine rings is 1. The molecule has 1 heterocycles. The van der Waals surface area contributed by atoms with Gasteiger partial charge in [-0.25, -0.2) is 9.18 Å². The molecule has 1 N–H and O–H groups in total. The Hall–Kier alpha value is -1.14. The number of hydrogen-bond donors (Lipinski definition) is 1. The first-order valence-corrected chi connectivity index (χ1v) is 6.52. The molecular formula is C12H14BrFN2O2. The van der Waals surface area contributed by atoms with Crippen molar-refractivity contribution in [2.45, 2.75) is 6.61 Å². The fraction of sp³-hybridized carbons (Fsp3) is 0.417. The number of ether oxygens (including phenoxy) is 1. The molecule has 6 heteroatoms. The summed E-state index contributed by atoms with van der Waals surface area (Å²) in [4.78, 5) is 13.3. The van der Waals surface area contributed by atoms with Crippen LogP contribution >= 0.6 is 15.9 Å². The SMILES string of the molecule is O=C(OCc1ccc(Br)cc1F)N1CCNCC1. The Kier molecular flexibility index (Phi) is 4.54. The van der Waals surface area contributed by atoms with Crippen LogP contribution in [-0.2, 0) is 11.3 Å². The molecule has 0 aromatic heterocycles. The lowest BCUT2D eigenvalue weighted by Gasteiger charge is -2.26. The highest BCUT2D eigenvalue weighted by Gasteiger charge is 2.17. The Morgan fingerprint density at radius 3 is 2.83 bits per heavy atom. The third kappa shape index (κ3) is 3.43. The van der Waals surface area contributed by atoms with E-state index in [0.29, 0.717) is 23.1 Å². The molecule has 0 aliphatic carbocycles. The number of amides is 1. The molecule has 1 aliphatic rings.